The van der Waals surface area contributed by atoms with Crippen LogP contribution in [0, 0.1) is 0 Å². The normalized spacial score (nSPS) is 11.8. The Labute approximate surface area is 308 Å². The lowest BCUT2D eigenvalue weighted by Gasteiger charge is -2.13. The summed E-state index contributed by atoms with van der Waals surface area (Å²) in [6.45, 7) is 0. The van der Waals surface area contributed by atoms with Crippen LogP contribution >= 0.6 is 11.3 Å². The van der Waals surface area contributed by atoms with E-state index in [-0.39, 0.29) is 0 Å². The quantitative estimate of drug-likeness (QED) is 0.172. The van der Waals surface area contributed by atoms with Crippen molar-refractivity contribution in [3.63, 3.8) is 0 Å². The van der Waals surface area contributed by atoms with Crippen molar-refractivity contribution in [1.82, 2.24) is 19.9 Å². The summed E-state index contributed by atoms with van der Waals surface area (Å²) in [5.41, 5.74) is 5.76. The fourth-order valence-electron chi connectivity index (χ4n) is 7.83. The first-order valence-corrected chi connectivity index (χ1v) is 18.5. The molecule has 246 valence electrons. The fourth-order valence-corrected chi connectivity index (χ4v) is 9.06. The molecule has 0 spiro atoms. The number of fused-ring (bicyclic) bond motifs is 11. The summed E-state index contributed by atoms with van der Waals surface area (Å²) in [6.07, 6.45) is 0. The second kappa shape index (κ2) is 11.9. The number of pyridine rings is 1. The third kappa shape index (κ3) is 4.82. The van der Waals surface area contributed by atoms with E-state index in [1.807, 2.05) is 18.2 Å². The zero-order chi connectivity index (χ0) is 34.9. The summed E-state index contributed by atoms with van der Waals surface area (Å²) in [4.78, 5) is 20.6. The summed E-state index contributed by atoms with van der Waals surface area (Å²) in [7, 11) is 0. The van der Waals surface area contributed by atoms with E-state index in [1.165, 1.54) is 57.9 Å². The highest BCUT2D eigenvalue weighted by molar-refractivity contribution is 7.26. The standard InChI is InChI=1S/C48H28N4S/c1-2-13-29(14-3-1)46-50-47(52-48(51-46)32-25-26-37-35-19-5-4-17-33(35)34-18-6-7-20-36(34)40(37)28-32)31-16-12-15-30(27-31)44-45-43(38-21-8-10-23-41(38)49-44)39-22-9-11-24-42(39)53-45/h1-28H. The Bertz CT molecular complexity index is 3200. The molecule has 0 aliphatic heterocycles. The van der Waals surface area contributed by atoms with E-state index in [9.17, 15) is 0 Å². The minimum absolute atomic E-state index is 0.618. The van der Waals surface area contributed by atoms with Crippen LogP contribution in [0.25, 0.3) is 109 Å². The average molecular weight is 693 g/mol. The third-order valence-electron chi connectivity index (χ3n) is 10.3. The zero-order valence-electron chi connectivity index (χ0n) is 28.4. The van der Waals surface area contributed by atoms with E-state index in [1.54, 1.807) is 11.3 Å². The predicted octanol–water partition coefficient (Wildman–Crippen LogP) is 12.9. The number of para-hydroxylation sites is 1. The van der Waals surface area contributed by atoms with Crippen molar-refractivity contribution in [2.45, 2.75) is 0 Å². The molecule has 0 aliphatic carbocycles. The lowest BCUT2D eigenvalue weighted by atomic mass is 9.93. The summed E-state index contributed by atoms with van der Waals surface area (Å²) >= 11 is 1.80. The maximum atomic E-state index is 5.27. The molecule has 11 rings (SSSR count). The first-order valence-electron chi connectivity index (χ1n) is 17.7. The number of benzene rings is 8. The van der Waals surface area contributed by atoms with Crippen molar-refractivity contribution in [1.29, 1.82) is 0 Å². The van der Waals surface area contributed by atoms with Crippen molar-refractivity contribution in [3.05, 3.63) is 170 Å². The van der Waals surface area contributed by atoms with Gasteiger partial charge in [0.2, 0.25) is 0 Å². The predicted molar refractivity (Wildman–Crippen MR) is 222 cm³/mol. The van der Waals surface area contributed by atoms with Gasteiger partial charge in [0, 0.05) is 43.1 Å². The highest BCUT2D eigenvalue weighted by Gasteiger charge is 2.18. The van der Waals surface area contributed by atoms with Gasteiger partial charge in [-0.3, -0.25) is 0 Å². The SMILES string of the molecule is c1ccc(-c2nc(-c3cccc(-c4nc5ccccc5c5c4sc4ccccc45)c3)nc(-c3ccc4c5ccccc5c5ccccc5c4c3)n2)cc1. The minimum atomic E-state index is 0.618. The van der Waals surface area contributed by atoms with E-state index in [4.69, 9.17) is 19.9 Å². The molecule has 53 heavy (non-hydrogen) atoms. The Hall–Kier alpha value is -6.82. The van der Waals surface area contributed by atoms with Crippen molar-refractivity contribution in [2.24, 2.45) is 0 Å². The highest BCUT2D eigenvalue weighted by Crippen LogP contribution is 2.43. The topological polar surface area (TPSA) is 51.6 Å². The van der Waals surface area contributed by atoms with Gasteiger partial charge in [0.25, 0.3) is 0 Å². The Morgan fingerprint density at radius 2 is 0.830 bits per heavy atom. The monoisotopic (exact) mass is 692 g/mol. The van der Waals surface area contributed by atoms with Crippen molar-refractivity contribution >= 4 is 74.7 Å². The maximum absolute atomic E-state index is 5.27. The third-order valence-corrected chi connectivity index (χ3v) is 11.5. The molecule has 0 saturated heterocycles. The summed E-state index contributed by atoms with van der Waals surface area (Å²) in [6, 6.07) is 59.6. The summed E-state index contributed by atoms with van der Waals surface area (Å²) < 4.78 is 2.43. The number of rotatable bonds is 4. The van der Waals surface area contributed by atoms with Gasteiger partial charge in [-0.15, -0.1) is 11.3 Å². The van der Waals surface area contributed by atoms with Crippen molar-refractivity contribution in [2.75, 3.05) is 0 Å². The van der Waals surface area contributed by atoms with Crippen LogP contribution in [0.4, 0.5) is 0 Å². The van der Waals surface area contributed by atoms with Crippen LogP contribution in [0.5, 0.6) is 0 Å². The highest BCUT2D eigenvalue weighted by atomic mass is 32.1. The van der Waals surface area contributed by atoms with Gasteiger partial charge < -0.3 is 0 Å². The van der Waals surface area contributed by atoms with Crippen molar-refractivity contribution < 1.29 is 0 Å². The molecule has 0 saturated carbocycles. The van der Waals surface area contributed by atoms with E-state index >= 15 is 0 Å². The van der Waals surface area contributed by atoms with Crippen LogP contribution in [0.3, 0.4) is 0 Å². The number of nitrogens with zero attached hydrogens (tertiary/aromatic N) is 4. The number of hydrogen-bond acceptors (Lipinski definition) is 5. The molecule has 0 radical (unpaired) electrons. The van der Waals surface area contributed by atoms with Gasteiger partial charge >= 0.3 is 0 Å². The molecule has 8 aromatic carbocycles. The molecule has 0 amide bonds. The molecule has 3 heterocycles. The zero-order valence-corrected chi connectivity index (χ0v) is 29.2. The molecule has 0 bridgehead atoms. The lowest BCUT2D eigenvalue weighted by molar-refractivity contribution is 1.07. The van der Waals surface area contributed by atoms with Gasteiger partial charge in [-0.1, -0.05) is 146 Å². The Morgan fingerprint density at radius 3 is 1.55 bits per heavy atom. The molecule has 0 atom stereocenters. The second-order valence-corrected chi connectivity index (χ2v) is 14.4. The molecule has 5 heteroatoms. The van der Waals surface area contributed by atoms with Crippen LogP contribution in [0.2, 0.25) is 0 Å². The molecule has 4 nitrogen and oxygen atoms in total. The molecular weight excluding hydrogens is 665 g/mol. The van der Waals surface area contributed by atoms with Gasteiger partial charge in [0.05, 0.1) is 15.9 Å². The van der Waals surface area contributed by atoms with E-state index in [2.05, 4.69) is 152 Å². The molecule has 3 aromatic heterocycles. The van der Waals surface area contributed by atoms with Gasteiger partial charge in [0.1, 0.15) is 0 Å². The van der Waals surface area contributed by atoms with Crippen molar-refractivity contribution in [3.8, 4) is 45.4 Å². The van der Waals surface area contributed by atoms with E-state index < -0.39 is 0 Å². The maximum Gasteiger partial charge on any atom is 0.164 e. The smallest absolute Gasteiger partial charge is 0.164 e. The molecule has 0 aliphatic rings. The molecule has 0 fully saturated rings. The van der Waals surface area contributed by atoms with Crippen LogP contribution in [-0.4, -0.2) is 19.9 Å². The first kappa shape index (κ1) is 29.9. The lowest BCUT2D eigenvalue weighted by Crippen LogP contribution is -2.00. The van der Waals surface area contributed by atoms with Gasteiger partial charge in [-0.05, 0) is 56.6 Å². The number of hydrogen-bond donors (Lipinski definition) is 0. The molecular formula is C48H28N4S. The Morgan fingerprint density at radius 1 is 0.321 bits per heavy atom. The minimum Gasteiger partial charge on any atom is -0.246 e. The van der Waals surface area contributed by atoms with Crippen LogP contribution in [0.1, 0.15) is 0 Å². The largest absolute Gasteiger partial charge is 0.246 e. The number of aromatic nitrogens is 4. The summed E-state index contributed by atoms with van der Waals surface area (Å²) in [5.74, 6) is 1.89. The van der Waals surface area contributed by atoms with E-state index in [0.717, 1.165) is 33.5 Å². The molecule has 0 N–H and O–H groups in total. The number of thiophene rings is 1. The Kier molecular flexibility index (Phi) is 6.69. The molecule has 0 unspecified atom stereocenters. The second-order valence-electron chi connectivity index (χ2n) is 13.4. The van der Waals surface area contributed by atoms with Gasteiger partial charge in [0.15, 0.2) is 17.5 Å². The van der Waals surface area contributed by atoms with Crippen LogP contribution < -0.4 is 0 Å². The first-order chi connectivity index (χ1) is 26.3. The van der Waals surface area contributed by atoms with E-state index in [0.29, 0.717) is 17.5 Å². The van der Waals surface area contributed by atoms with Gasteiger partial charge in [-0.25, -0.2) is 19.9 Å². The van der Waals surface area contributed by atoms with Gasteiger partial charge in [-0.2, -0.15) is 0 Å². The summed E-state index contributed by atoms with van der Waals surface area (Å²) in [5, 5.41) is 11.0. The fraction of sp³-hybridized carbons (Fsp3) is 0. The average Bonchev–Trinajstić information content (AvgIpc) is 3.64. The van der Waals surface area contributed by atoms with Crippen LogP contribution in [-0.2, 0) is 0 Å². The molecule has 11 aromatic rings. The van der Waals surface area contributed by atoms with Crippen LogP contribution in [0.15, 0.2) is 170 Å². The Balaban J connectivity index is 1.12.